The summed E-state index contributed by atoms with van der Waals surface area (Å²) in [5.41, 5.74) is 0. The fourth-order valence-corrected chi connectivity index (χ4v) is 3.59. The zero-order valence-electron chi connectivity index (χ0n) is 10.3. The lowest BCUT2D eigenvalue weighted by atomic mass is 10.2. The van der Waals surface area contributed by atoms with Gasteiger partial charge in [0, 0.05) is 6.61 Å². The SMILES string of the molecule is CCC=CCCCC[Si](C)(C)OCC. The summed E-state index contributed by atoms with van der Waals surface area (Å²) in [6.07, 6.45) is 9.61. The molecule has 1 nitrogen and oxygen atoms in total. The Labute approximate surface area is 90.7 Å². The van der Waals surface area contributed by atoms with Gasteiger partial charge in [0.15, 0.2) is 8.32 Å². The molecule has 0 radical (unpaired) electrons. The van der Waals surface area contributed by atoms with E-state index in [1.807, 2.05) is 0 Å². The third-order valence-corrected chi connectivity index (χ3v) is 4.96. The van der Waals surface area contributed by atoms with Crippen LogP contribution in [0.2, 0.25) is 19.1 Å². The van der Waals surface area contributed by atoms with E-state index in [9.17, 15) is 0 Å². The van der Waals surface area contributed by atoms with Gasteiger partial charge >= 0.3 is 0 Å². The molecule has 0 bridgehead atoms. The zero-order valence-corrected chi connectivity index (χ0v) is 11.3. The zero-order chi connectivity index (χ0) is 10.9. The van der Waals surface area contributed by atoms with Crippen LogP contribution in [0.5, 0.6) is 0 Å². The summed E-state index contributed by atoms with van der Waals surface area (Å²) in [7, 11) is -1.30. The molecule has 0 saturated carbocycles. The van der Waals surface area contributed by atoms with Crippen LogP contribution in [0, 0.1) is 0 Å². The normalized spacial score (nSPS) is 12.6. The van der Waals surface area contributed by atoms with Crippen LogP contribution in [0.3, 0.4) is 0 Å². The van der Waals surface area contributed by atoms with Crippen LogP contribution in [0.15, 0.2) is 12.2 Å². The molecule has 0 aromatic heterocycles. The van der Waals surface area contributed by atoms with Gasteiger partial charge in [-0.3, -0.25) is 0 Å². The highest BCUT2D eigenvalue weighted by atomic mass is 28.4. The van der Waals surface area contributed by atoms with Gasteiger partial charge in [0.2, 0.25) is 0 Å². The Balaban J connectivity index is 3.39. The van der Waals surface area contributed by atoms with Crippen molar-refractivity contribution in [3.05, 3.63) is 12.2 Å². The van der Waals surface area contributed by atoms with Crippen LogP contribution < -0.4 is 0 Å². The van der Waals surface area contributed by atoms with Crippen molar-refractivity contribution in [1.29, 1.82) is 0 Å². The van der Waals surface area contributed by atoms with E-state index >= 15 is 0 Å². The quantitative estimate of drug-likeness (QED) is 0.331. The largest absolute Gasteiger partial charge is 0.418 e. The second-order valence-corrected chi connectivity index (χ2v) is 8.63. The standard InChI is InChI=1S/C12H26OSi/c1-5-7-8-9-10-11-12-14(3,4)13-6-2/h7-8H,5-6,9-12H2,1-4H3. The van der Waals surface area contributed by atoms with Gasteiger partial charge in [0.25, 0.3) is 0 Å². The van der Waals surface area contributed by atoms with Crippen molar-refractivity contribution in [3.8, 4) is 0 Å². The van der Waals surface area contributed by atoms with Gasteiger partial charge in [-0.25, -0.2) is 0 Å². The predicted octanol–water partition coefficient (Wildman–Crippen LogP) is 4.36. The first-order valence-electron chi connectivity index (χ1n) is 5.91. The summed E-state index contributed by atoms with van der Waals surface area (Å²) in [6.45, 7) is 9.80. The van der Waals surface area contributed by atoms with Crippen molar-refractivity contribution < 1.29 is 4.43 Å². The third-order valence-electron chi connectivity index (χ3n) is 2.34. The molecule has 0 aromatic rings. The lowest BCUT2D eigenvalue weighted by molar-refractivity contribution is 0.328. The van der Waals surface area contributed by atoms with Crippen LogP contribution in [0.25, 0.3) is 0 Å². The Kier molecular flexibility index (Phi) is 8.19. The van der Waals surface area contributed by atoms with E-state index in [-0.39, 0.29) is 0 Å². The van der Waals surface area contributed by atoms with Crippen LogP contribution >= 0.6 is 0 Å². The van der Waals surface area contributed by atoms with Crippen LogP contribution in [-0.2, 0) is 4.43 Å². The minimum Gasteiger partial charge on any atom is -0.418 e. The van der Waals surface area contributed by atoms with Crippen molar-refractivity contribution in [2.45, 2.75) is 58.7 Å². The number of unbranched alkanes of at least 4 members (excludes halogenated alkanes) is 2. The smallest absolute Gasteiger partial charge is 0.186 e. The molecule has 0 aliphatic heterocycles. The van der Waals surface area contributed by atoms with Gasteiger partial charge in [-0.05, 0) is 38.9 Å². The van der Waals surface area contributed by atoms with Gasteiger partial charge < -0.3 is 4.43 Å². The second kappa shape index (κ2) is 8.24. The van der Waals surface area contributed by atoms with Gasteiger partial charge in [0.1, 0.15) is 0 Å². The average molecular weight is 214 g/mol. The molecule has 0 fully saturated rings. The van der Waals surface area contributed by atoms with Crippen molar-refractivity contribution in [2.24, 2.45) is 0 Å². The number of hydrogen-bond donors (Lipinski definition) is 0. The number of hydrogen-bond acceptors (Lipinski definition) is 1. The summed E-state index contributed by atoms with van der Waals surface area (Å²) in [4.78, 5) is 0. The Morgan fingerprint density at radius 3 is 2.36 bits per heavy atom. The summed E-state index contributed by atoms with van der Waals surface area (Å²) in [6, 6.07) is 1.31. The molecule has 0 unspecified atom stereocenters. The van der Waals surface area contributed by atoms with Crippen molar-refractivity contribution in [2.75, 3.05) is 6.61 Å². The highest BCUT2D eigenvalue weighted by Gasteiger charge is 2.20. The van der Waals surface area contributed by atoms with Gasteiger partial charge in [-0.15, -0.1) is 0 Å². The molecule has 2 heteroatoms. The molecule has 0 aliphatic carbocycles. The molecule has 0 amide bonds. The van der Waals surface area contributed by atoms with Gasteiger partial charge in [-0.2, -0.15) is 0 Å². The van der Waals surface area contributed by atoms with Gasteiger partial charge in [0.05, 0.1) is 0 Å². The first kappa shape index (κ1) is 13.9. The molecule has 0 rings (SSSR count). The predicted molar refractivity (Wildman–Crippen MR) is 67.2 cm³/mol. The van der Waals surface area contributed by atoms with E-state index in [2.05, 4.69) is 39.1 Å². The molecule has 0 heterocycles. The molecule has 0 atom stereocenters. The lowest BCUT2D eigenvalue weighted by Gasteiger charge is -2.21. The number of rotatable bonds is 8. The third kappa shape index (κ3) is 8.51. The molecule has 0 saturated heterocycles. The van der Waals surface area contributed by atoms with E-state index in [1.165, 1.54) is 31.7 Å². The van der Waals surface area contributed by atoms with E-state index in [0.717, 1.165) is 6.61 Å². The lowest BCUT2D eigenvalue weighted by Crippen LogP contribution is -2.29. The molecule has 0 N–H and O–H groups in total. The van der Waals surface area contributed by atoms with Crippen molar-refractivity contribution in [3.63, 3.8) is 0 Å². The minimum absolute atomic E-state index is 0.884. The molecule has 0 spiro atoms. The maximum atomic E-state index is 5.78. The maximum Gasteiger partial charge on any atom is 0.186 e. The average Bonchev–Trinajstić information content (AvgIpc) is 2.11. The Bertz CT molecular complexity index is 152. The van der Waals surface area contributed by atoms with E-state index in [0.29, 0.717) is 0 Å². The summed E-state index contributed by atoms with van der Waals surface area (Å²) < 4.78 is 5.78. The van der Waals surface area contributed by atoms with E-state index in [4.69, 9.17) is 4.43 Å². The summed E-state index contributed by atoms with van der Waals surface area (Å²) in [5.74, 6) is 0. The highest BCUT2D eigenvalue weighted by molar-refractivity contribution is 6.71. The minimum atomic E-state index is -1.30. The Morgan fingerprint density at radius 1 is 1.07 bits per heavy atom. The Morgan fingerprint density at radius 2 is 1.79 bits per heavy atom. The molecular formula is C12H26OSi. The molecule has 0 aromatic carbocycles. The molecular weight excluding hydrogens is 188 g/mol. The summed E-state index contributed by atoms with van der Waals surface area (Å²) >= 11 is 0. The fourth-order valence-electron chi connectivity index (χ4n) is 1.56. The van der Waals surface area contributed by atoms with Crippen molar-refractivity contribution in [1.82, 2.24) is 0 Å². The molecule has 14 heavy (non-hydrogen) atoms. The highest BCUT2D eigenvalue weighted by Crippen LogP contribution is 2.15. The second-order valence-electron chi connectivity index (χ2n) is 4.32. The monoisotopic (exact) mass is 214 g/mol. The Hall–Kier alpha value is -0.0831. The van der Waals surface area contributed by atoms with Gasteiger partial charge in [-0.1, -0.05) is 31.9 Å². The molecule has 0 aliphatic rings. The summed E-state index contributed by atoms with van der Waals surface area (Å²) in [5, 5.41) is 0. The molecule has 84 valence electrons. The van der Waals surface area contributed by atoms with E-state index in [1.54, 1.807) is 0 Å². The van der Waals surface area contributed by atoms with Crippen LogP contribution in [0.1, 0.15) is 39.5 Å². The first-order valence-corrected chi connectivity index (χ1v) is 9.03. The maximum absolute atomic E-state index is 5.78. The van der Waals surface area contributed by atoms with Crippen molar-refractivity contribution >= 4 is 8.32 Å². The topological polar surface area (TPSA) is 9.23 Å². The fraction of sp³-hybridized carbons (Fsp3) is 0.833. The van der Waals surface area contributed by atoms with Crippen LogP contribution in [-0.4, -0.2) is 14.9 Å². The first-order chi connectivity index (χ1) is 6.62. The number of allylic oxidation sites excluding steroid dienone is 2. The van der Waals surface area contributed by atoms with Crippen LogP contribution in [0.4, 0.5) is 0 Å². The van der Waals surface area contributed by atoms with E-state index < -0.39 is 8.32 Å².